The SMILES string of the molecule is O=C(C=Cc1ccccc1NCc1nc2ccc(CCCO)cc2[nH]1)NO. The second-order valence-corrected chi connectivity index (χ2v) is 6.11. The number of aromatic amines is 1. The Kier molecular flexibility index (Phi) is 6.19. The molecular weight excluding hydrogens is 344 g/mol. The smallest absolute Gasteiger partial charge is 0.267 e. The van der Waals surface area contributed by atoms with Gasteiger partial charge in [0.1, 0.15) is 5.82 Å². The zero-order valence-electron chi connectivity index (χ0n) is 14.8. The molecule has 0 unspecified atom stereocenters. The lowest BCUT2D eigenvalue weighted by atomic mass is 10.1. The zero-order chi connectivity index (χ0) is 19.1. The minimum absolute atomic E-state index is 0.185. The van der Waals surface area contributed by atoms with E-state index in [2.05, 4.69) is 21.4 Å². The molecule has 5 N–H and O–H groups in total. The van der Waals surface area contributed by atoms with Gasteiger partial charge in [-0.15, -0.1) is 0 Å². The van der Waals surface area contributed by atoms with Gasteiger partial charge in [-0.3, -0.25) is 10.0 Å². The number of aromatic nitrogens is 2. The number of imidazole rings is 1. The number of aliphatic hydroxyl groups is 1. The lowest BCUT2D eigenvalue weighted by molar-refractivity contribution is -0.124. The number of aliphatic hydroxyl groups excluding tert-OH is 1. The van der Waals surface area contributed by atoms with E-state index in [0.717, 1.165) is 46.5 Å². The summed E-state index contributed by atoms with van der Waals surface area (Å²) in [5.41, 5.74) is 6.27. The van der Waals surface area contributed by atoms with Crippen LogP contribution in [0.2, 0.25) is 0 Å². The number of benzene rings is 2. The van der Waals surface area contributed by atoms with Crippen molar-refractivity contribution >= 4 is 28.7 Å². The minimum atomic E-state index is -0.584. The number of hydrogen-bond acceptors (Lipinski definition) is 5. The molecule has 0 saturated heterocycles. The molecule has 7 heteroatoms. The first kappa shape index (κ1) is 18.6. The standard InChI is InChI=1S/C20H22N4O3/c25-11-3-4-14-7-9-17-18(12-14)23-19(22-17)13-21-16-6-2-1-5-15(16)8-10-20(26)24-27/h1-2,5-10,12,21,25,27H,3-4,11,13H2,(H,22,23)(H,24,26). The van der Waals surface area contributed by atoms with Crippen LogP contribution in [0.25, 0.3) is 17.1 Å². The average molecular weight is 366 g/mol. The molecule has 0 radical (unpaired) electrons. The maximum Gasteiger partial charge on any atom is 0.267 e. The quantitative estimate of drug-likeness (QED) is 0.239. The van der Waals surface area contributed by atoms with E-state index in [1.165, 1.54) is 6.08 Å². The van der Waals surface area contributed by atoms with Crippen molar-refractivity contribution in [2.24, 2.45) is 0 Å². The molecule has 2 aromatic carbocycles. The van der Waals surface area contributed by atoms with Gasteiger partial charge in [-0.2, -0.15) is 0 Å². The molecule has 7 nitrogen and oxygen atoms in total. The number of anilines is 1. The third-order valence-electron chi connectivity index (χ3n) is 4.15. The molecule has 27 heavy (non-hydrogen) atoms. The Labute approximate surface area is 156 Å². The summed E-state index contributed by atoms with van der Waals surface area (Å²) in [6.07, 6.45) is 4.46. The number of carbonyl (C=O) groups excluding carboxylic acids is 1. The van der Waals surface area contributed by atoms with E-state index in [0.29, 0.717) is 6.54 Å². The predicted molar refractivity (Wildman–Crippen MR) is 104 cm³/mol. The van der Waals surface area contributed by atoms with Crippen LogP contribution in [0.3, 0.4) is 0 Å². The van der Waals surface area contributed by atoms with Gasteiger partial charge >= 0.3 is 0 Å². The molecule has 0 aliphatic rings. The number of H-pyrrole nitrogens is 1. The van der Waals surface area contributed by atoms with Crippen LogP contribution < -0.4 is 10.8 Å². The number of nitrogens with one attached hydrogen (secondary N) is 3. The first-order chi connectivity index (χ1) is 13.2. The van der Waals surface area contributed by atoms with Crippen molar-refractivity contribution in [1.29, 1.82) is 0 Å². The van der Waals surface area contributed by atoms with Crippen molar-refractivity contribution in [2.75, 3.05) is 11.9 Å². The van der Waals surface area contributed by atoms with Crippen LogP contribution >= 0.6 is 0 Å². The number of hydrogen-bond donors (Lipinski definition) is 5. The molecule has 1 heterocycles. The van der Waals surface area contributed by atoms with E-state index in [1.807, 2.05) is 36.4 Å². The number of hydroxylamine groups is 1. The maximum absolute atomic E-state index is 11.2. The summed E-state index contributed by atoms with van der Waals surface area (Å²) in [7, 11) is 0. The summed E-state index contributed by atoms with van der Waals surface area (Å²) in [6.45, 7) is 0.682. The summed E-state index contributed by atoms with van der Waals surface area (Å²) in [4.78, 5) is 19.1. The Morgan fingerprint density at radius 2 is 2.07 bits per heavy atom. The average Bonchev–Trinajstić information content (AvgIpc) is 3.11. The first-order valence-corrected chi connectivity index (χ1v) is 8.73. The fraction of sp³-hybridized carbons (Fsp3) is 0.200. The highest BCUT2D eigenvalue weighted by Gasteiger charge is 2.05. The van der Waals surface area contributed by atoms with Crippen molar-refractivity contribution in [3.8, 4) is 0 Å². The van der Waals surface area contributed by atoms with Crippen LogP contribution in [-0.4, -0.2) is 32.8 Å². The van der Waals surface area contributed by atoms with E-state index in [4.69, 9.17) is 10.3 Å². The fourth-order valence-corrected chi connectivity index (χ4v) is 2.82. The number of nitrogens with zero attached hydrogens (tertiary/aromatic N) is 1. The lowest BCUT2D eigenvalue weighted by Crippen LogP contribution is -2.14. The number of para-hydroxylation sites is 1. The molecule has 3 aromatic rings. The van der Waals surface area contributed by atoms with Crippen LogP contribution in [0.4, 0.5) is 5.69 Å². The van der Waals surface area contributed by atoms with Crippen LogP contribution in [0, 0.1) is 0 Å². The largest absolute Gasteiger partial charge is 0.396 e. The van der Waals surface area contributed by atoms with Crippen molar-refractivity contribution < 1.29 is 15.1 Å². The maximum atomic E-state index is 11.2. The predicted octanol–water partition coefficient (Wildman–Crippen LogP) is 2.62. The highest BCUT2D eigenvalue weighted by Crippen LogP contribution is 2.19. The van der Waals surface area contributed by atoms with Crippen molar-refractivity contribution in [3.63, 3.8) is 0 Å². The van der Waals surface area contributed by atoms with Gasteiger partial charge in [0.05, 0.1) is 17.6 Å². The molecule has 0 saturated carbocycles. The van der Waals surface area contributed by atoms with Gasteiger partial charge in [-0.25, -0.2) is 10.5 Å². The Morgan fingerprint density at radius 3 is 2.89 bits per heavy atom. The molecule has 0 fully saturated rings. The second-order valence-electron chi connectivity index (χ2n) is 6.11. The summed E-state index contributed by atoms with van der Waals surface area (Å²) in [6, 6.07) is 13.6. The van der Waals surface area contributed by atoms with Gasteiger partial charge < -0.3 is 15.4 Å². The highest BCUT2D eigenvalue weighted by atomic mass is 16.5. The van der Waals surface area contributed by atoms with Gasteiger partial charge in [0, 0.05) is 18.4 Å². The van der Waals surface area contributed by atoms with Crippen LogP contribution in [0.15, 0.2) is 48.5 Å². The summed E-state index contributed by atoms with van der Waals surface area (Å²) in [5, 5.41) is 20.8. The van der Waals surface area contributed by atoms with Crippen LogP contribution in [0.5, 0.6) is 0 Å². The molecule has 3 rings (SSSR count). The minimum Gasteiger partial charge on any atom is -0.396 e. The molecule has 0 atom stereocenters. The van der Waals surface area contributed by atoms with Gasteiger partial charge in [0.2, 0.25) is 0 Å². The molecule has 0 bridgehead atoms. The number of aryl methyl sites for hydroxylation is 1. The Morgan fingerprint density at radius 1 is 1.22 bits per heavy atom. The lowest BCUT2D eigenvalue weighted by Gasteiger charge is -2.08. The normalized spacial score (nSPS) is 11.2. The number of amides is 1. The Balaban J connectivity index is 1.71. The van der Waals surface area contributed by atoms with Gasteiger partial charge in [-0.05, 0) is 48.2 Å². The topological polar surface area (TPSA) is 110 Å². The van der Waals surface area contributed by atoms with E-state index < -0.39 is 5.91 Å². The molecule has 1 aromatic heterocycles. The first-order valence-electron chi connectivity index (χ1n) is 8.73. The summed E-state index contributed by atoms with van der Waals surface area (Å²) < 4.78 is 0. The number of fused-ring (bicyclic) bond motifs is 1. The molecule has 0 spiro atoms. The second kappa shape index (κ2) is 8.98. The number of rotatable bonds is 8. The van der Waals surface area contributed by atoms with Gasteiger partial charge in [0.15, 0.2) is 0 Å². The summed E-state index contributed by atoms with van der Waals surface area (Å²) >= 11 is 0. The van der Waals surface area contributed by atoms with Crippen molar-refractivity contribution in [3.05, 3.63) is 65.5 Å². The monoisotopic (exact) mass is 366 g/mol. The van der Waals surface area contributed by atoms with Crippen LogP contribution in [0.1, 0.15) is 23.4 Å². The van der Waals surface area contributed by atoms with E-state index in [9.17, 15) is 4.79 Å². The van der Waals surface area contributed by atoms with E-state index in [1.54, 1.807) is 11.6 Å². The molecule has 1 amide bonds. The number of carbonyl (C=O) groups is 1. The molecular formula is C20H22N4O3. The van der Waals surface area contributed by atoms with E-state index >= 15 is 0 Å². The zero-order valence-corrected chi connectivity index (χ0v) is 14.8. The Hall–Kier alpha value is -3.16. The third kappa shape index (κ3) is 4.93. The van der Waals surface area contributed by atoms with Crippen molar-refractivity contribution in [2.45, 2.75) is 19.4 Å². The molecule has 140 valence electrons. The molecule has 0 aliphatic carbocycles. The van der Waals surface area contributed by atoms with Crippen molar-refractivity contribution in [1.82, 2.24) is 15.4 Å². The summed E-state index contributed by atoms with van der Waals surface area (Å²) in [5.74, 6) is 0.218. The fourth-order valence-electron chi connectivity index (χ4n) is 2.82. The van der Waals surface area contributed by atoms with Gasteiger partial charge in [0.25, 0.3) is 5.91 Å². The third-order valence-corrected chi connectivity index (χ3v) is 4.15. The van der Waals surface area contributed by atoms with E-state index in [-0.39, 0.29) is 6.61 Å². The van der Waals surface area contributed by atoms with Crippen LogP contribution in [-0.2, 0) is 17.8 Å². The molecule has 0 aliphatic heterocycles. The Bertz CT molecular complexity index is 949. The highest BCUT2D eigenvalue weighted by molar-refractivity contribution is 5.91. The van der Waals surface area contributed by atoms with Gasteiger partial charge in [-0.1, -0.05) is 24.3 Å².